The molecule has 22 heavy (non-hydrogen) atoms. The summed E-state index contributed by atoms with van der Waals surface area (Å²) >= 11 is 6.17. The van der Waals surface area contributed by atoms with Gasteiger partial charge in [-0.3, -0.25) is 4.98 Å². The molecule has 0 atom stereocenters. The van der Waals surface area contributed by atoms with Crippen LogP contribution in [0.2, 0.25) is 5.02 Å². The fraction of sp³-hybridized carbons (Fsp3) is 0.400. The second-order valence-corrected chi connectivity index (χ2v) is 8.12. The molecule has 2 aromatic rings. The van der Waals surface area contributed by atoms with E-state index in [4.69, 9.17) is 11.6 Å². The van der Waals surface area contributed by atoms with Gasteiger partial charge in [0.25, 0.3) is 0 Å². The highest BCUT2D eigenvalue weighted by Gasteiger charge is 2.21. The molecule has 0 aliphatic carbocycles. The van der Waals surface area contributed by atoms with Crippen molar-refractivity contribution in [1.29, 1.82) is 0 Å². The van der Waals surface area contributed by atoms with E-state index >= 15 is 0 Å². The third-order valence-electron chi connectivity index (χ3n) is 3.14. The molecular weight excluding hydrogens is 322 g/mol. The van der Waals surface area contributed by atoms with Crippen molar-refractivity contribution < 1.29 is 8.42 Å². The van der Waals surface area contributed by atoms with Gasteiger partial charge >= 0.3 is 0 Å². The molecule has 0 fully saturated rings. The Bertz CT molecular complexity index is 775. The summed E-state index contributed by atoms with van der Waals surface area (Å²) in [5.74, 6) is 0. The van der Waals surface area contributed by atoms with Crippen LogP contribution in [0.3, 0.4) is 0 Å². The van der Waals surface area contributed by atoms with Crippen LogP contribution < -0.4 is 10.0 Å². The lowest BCUT2D eigenvalue weighted by Gasteiger charge is -2.25. The molecule has 1 aromatic carbocycles. The standard InChI is InChI=1S/C15H20ClN3O2S/c1-15(2,19-22(3,20)21)10-17-9-11-6-7-13(16)12-5-4-8-18-14(11)12/h4-8,17,19H,9-10H2,1-3H3. The van der Waals surface area contributed by atoms with Crippen molar-refractivity contribution in [2.75, 3.05) is 12.8 Å². The first-order chi connectivity index (χ1) is 10.2. The monoisotopic (exact) mass is 341 g/mol. The quantitative estimate of drug-likeness (QED) is 0.845. The molecule has 0 radical (unpaired) electrons. The molecule has 0 saturated carbocycles. The predicted molar refractivity (Wildman–Crippen MR) is 90.5 cm³/mol. The van der Waals surface area contributed by atoms with Gasteiger partial charge in [-0.1, -0.05) is 17.7 Å². The number of rotatable bonds is 6. The Morgan fingerprint density at radius 2 is 2.00 bits per heavy atom. The molecule has 0 saturated heterocycles. The fourth-order valence-corrected chi connectivity index (χ4v) is 3.68. The van der Waals surface area contributed by atoms with Crippen molar-refractivity contribution in [1.82, 2.24) is 15.0 Å². The molecule has 0 bridgehead atoms. The SMILES string of the molecule is CC(C)(CNCc1ccc(Cl)c2cccnc12)NS(C)(=O)=O. The van der Waals surface area contributed by atoms with E-state index in [2.05, 4.69) is 15.0 Å². The van der Waals surface area contributed by atoms with Gasteiger partial charge in [0.2, 0.25) is 10.0 Å². The van der Waals surface area contributed by atoms with Crippen LogP contribution >= 0.6 is 11.6 Å². The number of hydrogen-bond donors (Lipinski definition) is 2. The van der Waals surface area contributed by atoms with Crippen LogP contribution in [0, 0.1) is 0 Å². The molecule has 0 aliphatic heterocycles. The van der Waals surface area contributed by atoms with Crippen LogP contribution in [0.25, 0.3) is 10.9 Å². The molecule has 1 heterocycles. The van der Waals surface area contributed by atoms with E-state index in [0.717, 1.165) is 22.7 Å². The van der Waals surface area contributed by atoms with Gasteiger partial charge in [-0.05, 0) is 37.6 Å². The van der Waals surface area contributed by atoms with E-state index in [1.807, 2.05) is 38.1 Å². The lowest BCUT2D eigenvalue weighted by Crippen LogP contribution is -2.49. The summed E-state index contributed by atoms with van der Waals surface area (Å²) in [6, 6.07) is 7.57. The average molecular weight is 342 g/mol. The Morgan fingerprint density at radius 1 is 1.27 bits per heavy atom. The van der Waals surface area contributed by atoms with Crippen molar-refractivity contribution in [2.45, 2.75) is 25.9 Å². The lowest BCUT2D eigenvalue weighted by atomic mass is 10.1. The van der Waals surface area contributed by atoms with Gasteiger partial charge in [0.15, 0.2) is 0 Å². The van der Waals surface area contributed by atoms with E-state index < -0.39 is 15.6 Å². The smallest absolute Gasteiger partial charge is 0.209 e. The van der Waals surface area contributed by atoms with E-state index in [1.54, 1.807) is 6.20 Å². The van der Waals surface area contributed by atoms with Crippen molar-refractivity contribution in [3.63, 3.8) is 0 Å². The minimum atomic E-state index is -3.24. The first-order valence-electron chi connectivity index (χ1n) is 6.90. The predicted octanol–water partition coefficient (Wildman–Crippen LogP) is 2.31. The number of hydrogen-bond acceptors (Lipinski definition) is 4. The summed E-state index contributed by atoms with van der Waals surface area (Å²) in [6.45, 7) is 4.75. The number of halogens is 1. The Kier molecular flexibility index (Phi) is 5.07. The van der Waals surface area contributed by atoms with Gasteiger partial charge in [-0.15, -0.1) is 0 Å². The maximum absolute atomic E-state index is 11.3. The van der Waals surface area contributed by atoms with Gasteiger partial charge < -0.3 is 5.32 Å². The van der Waals surface area contributed by atoms with Gasteiger partial charge in [0.1, 0.15) is 0 Å². The third-order valence-corrected chi connectivity index (χ3v) is 4.40. The number of benzene rings is 1. The second kappa shape index (κ2) is 6.50. The van der Waals surface area contributed by atoms with Crippen molar-refractivity contribution >= 4 is 32.5 Å². The average Bonchev–Trinajstić information content (AvgIpc) is 2.39. The highest BCUT2D eigenvalue weighted by molar-refractivity contribution is 7.88. The van der Waals surface area contributed by atoms with Crippen LogP contribution in [0.15, 0.2) is 30.5 Å². The second-order valence-electron chi connectivity index (χ2n) is 5.97. The summed E-state index contributed by atoms with van der Waals surface area (Å²) in [7, 11) is -3.24. The van der Waals surface area contributed by atoms with Crippen molar-refractivity contribution in [2.24, 2.45) is 0 Å². The van der Waals surface area contributed by atoms with Crippen LogP contribution in [0.4, 0.5) is 0 Å². The third kappa shape index (κ3) is 4.64. The number of fused-ring (bicyclic) bond motifs is 1. The molecular formula is C15H20ClN3O2S. The summed E-state index contributed by atoms with van der Waals surface area (Å²) in [5, 5.41) is 4.85. The number of nitrogens with one attached hydrogen (secondary N) is 2. The molecule has 5 nitrogen and oxygen atoms in total. The summed E-state index contributed by atoms with van der Waals surface area (Å²) in [6.07, 6.45) is 2.89. The Morgan fingerprint density at radius 3 is 2.68 bits per heavy atom. The molecule has 0 amide bonds. The van der Waals surface area contributed by atoms with E-state index in [1.165, 1.54) is 0 Å². The first kappa shape index (κ1) is 17.1. The fourth-order valence-electron chi connectivity index (χ4n) is 2.39. The molecule has 7 heteroatoms. The Balaban J connectivity index is 2.08. The van der Waals surface area contributed by atoms with E-state index in [9.17, 15) is 8.42 Å². The molecule has 1 aromatic heterocycles. The number of pyridine rings is 1. The minimum absolute atomic E-state index is 0.497. The highest BCUT2D eigenvalue weighted by atomic mass is 35.5. The maximum atomic E-state index is 11.3. The minimum Gasteiger partial charge on any atom is -0.311 e. The molecule has 2 N–H and O–H groups in total. The van der Waals surface area contributed by atoms with E-state index in [0.29, 0.717) is 18.1 Å². The Labute approximate surface area is 136 Å². The van der Waals surface area contributed by atoms with Crippen LogP contribution in [0.5, 0.6) is 0 Å². The normalized spacial score (nSPS) is 12.7. The topological polar surface area (TPSA) is 71.1 Å². The molecule has 120 valence electrons. The van der Waals surface area contributed by atoms with Crippen molar-refractivity contribution in [3.05, 3.63) is 41.0 Å². The zero-order chi connectivity index (χ0) is 16.4. The number of aromatic nitrogens is 1. The summed E-state index contributed by atoms with van der Waals surface area (Å²) in [5.41, 5.74) is 1.31. The maximum Gasteiger partial charge on any atom is 0.209 e. The van der Waals surface area contributed by atoms with Crippen LogP contribution in [0.1, 0.15) is 19.4 Å². The summed E-state index contributed by atoms with van der Waals surface area (Å²) < 4.78 is 25.3. The molecule has 0 aliphatic rings. The molecule has 0 spiro atoms. The largest absolute Gasteiger partial charge is 0.311 e. The number of sulfonamides is 1. The van der Waals surface area contributed by atoms with E-state index in [-0.39, 0.29) is 0 Å². The summed E-state index contributed by atoms with van der Waals surface area (Å²) in [4.78, 5) is 4.38. The number of nitrogens with zero attached hydrogens (tertiary/aromatic N) is 1. The zero-order valence-corrected chi connectivity index (χ0v) is 14.4. The Hall–Kier alpha value is -1.21. The van der Waals surface area contributed by atoms with Gasteiger partial charge in [-0.2, -0.15) is 0 Å². The van der Waals surface area contributed by atoms with Gasteiger partial charge in [0, 0.05) is 35.2 Å². The van der Waals surface area contributed by atoms with Gasteiger partial charge in [-0.25, -0.2) is 13.1 Å². The zero-order valence-electron chi connectivity index (χ0n) is 12.9. The first-order valence-corrected chi connectivity index (χ1v) is 9.17. The highest BCUT2D eigenvalue weighted by Crippen LogP contribution is 2.24. The molecule has 2 rings (SSSR count). The van der Waals surface area contributed by atoms with Crippen molar-refractivity contribution in [3.8, 4) is 0 Å². The van der Waals surface area contributed by atoms with Crippen LogP contribution in [-0.4, -0.2) is 31.7 Å². The molecule has 0 unspecified atom stereocenters. The van der Waals surface area contributed by atoms with Crippen LogP contribution in [-0.2, 0) is 16.6 Å². The lowest BCUT2D eigenvalue weighted by molar-refractivity contribution is 0.421. The van der Waals surface area contributed by atoms with Gasteiger partial charge in [0.05, 0.1) is 11.8 Å².